The first-order chi connectivity index (χ1) is 14.2. The van der Waals surface area contributed by atoms with Gasteiger partial charge in [-0.1, -0.05) is 6.92 Å². The summed E-state index contributed by atoms with van der Waals surface area (Å²) in [4.78, 5) is 20.7. The summed E-state index contributed by atoms with van der Waals surface area (Å²) in [5.74, 6) is 1.07. The molecule has 0 radical (unpaired) electrons. The maximum atomic E-state index is 13.0. The highest BCUT2D eigenvalue weighted by atomic mass is 79.9. The zero-order valence-electron chi connectivity index (χ0n) is 17.3. The predicted octanol–water partition coefficient (Wildman–Crippen LogP) is 4.17. The largest absolute Gasteiger partial charge is 0.448 e. The topological polar surface area (TPSA) is 126 Å². The van der Waals surface area contributed by atoms with Crippen molar-refractivity contribution >= 4 is 49.2 Å². The highest BCUT2D eigenvalue weighted by molar-refractivity contribution is 9.10. The predicted molar refractivity (Wildman–Crippen MR) is 121 cm³/mol. The van der Waals surface area contributed by atoms with Crippen LogP contribution in [0.25, 0.3) is 0 Å². The third-order valence-corrected chi connectivity index (χ3v) is 7.01. The van der Waals surface area contributed by atoms with Gasteiger partial charge >= 0.3 is 6.09 Å². The molecule has 9 nitrogen and oxygen atoms in total. The Hall–Kier alpha value is -2.24. The number of halogens is 1. The summed E-state index contributed by atoms with van der Waals surface area (Å²) >= 11 is 3.39. The van der Waals surface area contributed by atoms with Crippen LogP contribution in [0.3, 0.4) is 0 Å². The van der Waals surface area contributed by atoms with Crippen molar-refractivity contribution in [2.75, 3.05) is 23.0 Å². The van der Waals surface area contributed by atoms with E-state index in [-0.39, 0.29) is 18.4 Å². The molecule has 0 bridgehead atoms. The molecule has 30 heavy (non-hydrogen) atoms. The molecule has 3 atom stereocenters. The van der Waals surface area contributed by atoms with E-state index in [1.165, 1.54) is 0 Å². The smallest absolute Gasteiger partial charge is 0.442 e. The number of benzene rings is 1. The second-order valence-corrected chi connectivity index (χ2v) is 9.80. The quantitative estimate of drug-likeness (QED) is 0.493. The molecular formula is C19H26BrN5O4S. The first kappa shape index (κ1) is 24.0. The van der Waals surface area contributed by atoms with E-state index >= 15 is 0 Å². The molecule has 1 amide bonds. The van der Waals surface area contributed by atoms with Gasteiger partial charge in [0.25, 0.3) is 0 Å². The van der Waals surface area contributed by atoms with Gasteiger partial charge in [-0.05, 0) is 61.0 Å². The minimum Gasteiger partial charge on any atom is -0.448 e. The summed E-state index contributed by atoms with van der Waals surface area (Å²) < 4.78 is 22.2. The van der Waals surface area contributed by atoms with Crippen LogP contribution in [-0.2, 0) is 14.5 Å². The van der Waals surface area contributed by atoms with Gasteiger partial charge in [0, 0.05) is 22.5 Å². The number of aromatic nitrogens is 2. The van der Waals surface area contributed by atoms with Crippen molar-refractivity contribution in [1.82, 2.24) is 9.97 Å². The molecule has 0 aliphatic carbocycles. The molecule has 0 fully saturated rings. The van der Waals surface area contributed by atoms with Crippen molar-refractivity contribution in [3.8, 4) is 0 Å². The number of anilines is 3. The van der Waals surface area contributed by atoms with Crippen LogP contribution in [0.5, 0.6) is 0 Å². The van der Waals surface area contributed by atoms with E-state index in [0.29, 0.717) is 26.8 Å². The Kier molecular flexibility index (Phi) is 8.56. The summed E-state index contributed by atoms with van der Waals surface area (Å²) in [6.07, 6.45) is 0.216. The van der Waals surface area contributed by atoms with Crippen LogP contribution in [0.1, 0.15) is 27.7 Å². The Bertz CT molecular complexity index is 991. The lowest BCUT2D eigenvalue weighted by molar-refractivity contribution is 0.164. The Morgan fingerprint density at radius 2 is 1.97 bits per heavy atom. The molecule has 3 unspecified atom stereocenters. The van der Waals surface area contributed by atoms with Crippen LogP contribution < -0.4 is 10.6 Å². The number of carbonyl (C=O) groups is 1. The number of rotatable bonds is 8. The fraction of sp³-hybridized carbons (Fsp3) is 0.421. The molecule has 0 aliphatic rings. The van der Waals surface area contributed by atoms with Crippen molar-refractivity contribution in [2.45, 2.75) is 44.7 Å². The van der Waals surface area contributed by atoms with Crippen LogP contribution >= 0.6 is 15.9 Å². The zero-order valence-corrected chi connectivity index (χ0v) is 19.7. The summed E-state index contributed by atoms with van der Waals surface area (Å²) in [7, 11) is -2.90. The molecule has 0 aliphatic heterocycles. The Balaban J connectivity index is 2.22. The number of nitrogens with zero attached hydrogens (tertiary/aromatic N) is 3. The van der Waals surface area contributed by atoms with Crippen LogP contribution in [0.4, 0.5) is 22.2 Å². The average molecular weight is 500 g/mol. The fourth-order valence-corrected chi connectivity index (χ4v) is 4.03. The summed E-state index contributed by atoms with van der Waals surface area (Å²) in [6.45, 7) is 7.08. The highest BCUT2D eigenvalue weighted by Gasteiger charge is 2.15. The van der Waals surface area contributed by atoms with Gasteiger partial charge in [0.15, 0.2) is 0 Å². The Morgan fingerprint density at radius 3 is 2.53 bits per heavy atom. The minimum absolute atomic E-state index is 0.171. The molecule has 11 heteroatoms. The molecule has 0 saturated carbocycles. The van der Waals surface area contributed by atoms with Gasteiger partial charge < -0.3 is 20.5 Å². The third-order valence-electron chi connectivity index (χ3n) is 4.19. The van der Waals surface area contributed by atoms with Gasteiger partial charge in [-0.3, -0.25) is 0 Å². The first-order valence-corrected chi connectivity index (χ1v) is 11.9. The van der Waals surface area contributed by atoms with Crippen molar-refractivity contribution in [1.29, 1.82) is 0 Å². The Labute approximate surface area is 185 Å². The second-order valence-electron chi connectivity index (χ2n) is 6.43. The minimum atomic E-state index is -2.90. The fourth-order valence-electron chi connectivity index (χ4n) is 2.30. The van der Waals surface area contributed by atoms with E-state index in [9.17, 15) is 14.1 Å². The van der Waals surface area contributed by atoms with Crippen LogP contribution in [-0.4, -0.2) is 49.9 Å². The van der Waals surface area contributed by atoms with Gasteiger partial charge in [0.2, 0.25) is 5.95 Å². The second kappa shape index (κ2) is 10.7. The van der Waals surface area contributed by atoms with E-state index < -0.39 is 21.9 Å². The van der Waals surface area contributed by atoms with Crippen molar-refractivity contribution in [3.63, 3.8) is 0 Å². The van der Waals surface area contributed by atoms with Crippen molar-refractivity contribution < 1.29 is 18.8 Å². The molecule has 0 spiro atoms. The number of carbonyl (C=O) groups excluding carboxylic acids is 1. The van der Waals surface area contributed by atoms with Gasteiger partial charge in [0.05, 0.1) is 33.0 Å². The monoisotopic (exact) mass is 499 g/mol. The number of amides is 1. The summed E-state index contributed by atoms with van der Waals surface area (Å²) in [6, 6.07) is 6.51. The van der Waals surface area contributed by atoms with E-state index in [0.717, 1.165) is 0 Å². The van der Waals surface area contributed by atoms with E-state index in [1.54, 1.807) is 51.2 Å². The Morgan fingerprint density at radius 1 is 1.30 bits per heavy atom. The number of aliphatic hydroxyl groups excluding tert-OH is 1. The highest BCUT2D eigenvalue weighted by Crippen LogP contribution is 2.24. The van der Waals surface area contributed by atoms with Gasteiger partial charge in [-0.25, -0.2) is 14.0 Å². The standard InChI is InChI=1S/C19H26BrN5O4S/c1-5-29-19(27)25-30(28,6-2)15-9-7-14(8-10-15)23-18-21-11-16(20)17(24-18)22-12(3)13(4)26/h7-13,26H,5-6H2,1-4H3,(H2,21,22,23,24). The summed E-state index contributed by atoms with van der Waals surface area (Å²) in [5, 5.41) is 15.9. The molecule has 1 aromatic carbocycles. The maximum absolute atomic E-state index is 13.0. The SMILES string of the molecule is CCOC(=O)N=S(=O)(CC)c1ccc(Nc2ncc(Br)c(NC(C)C(C)O)n2)cc1. The van der Waals surface area contributed by atoms with E-state index in [2.05, 4.69) is 40.9 Å². The van der Waals surface area contributed by atoms with Gasteiger partial charge in [0.1, 0.15) is 5.82 Å². The van der Waals surface area contributed by atoms with Gasteiger partial charge in [-0.15, -0.1) is 4.36 Å². The van der Waals surface area contributed by atoms with E-state index in [4.69, 9.17) is 4.74 Å². The molecular weight excluding hydrogens is 474 g/mol. The van der Waals surface area contributed by atoms with Crippen LogP contribution in [0, 0.1) is 0 Å². The third kappa shape index (κ3) is 6.38. The van der Waals surface area contributed by atoms with Gasteiger partial charge in [-0.2, -0.15) is 4.98 Å². The molecule has 2 rings (SSSR count). The van der Waals surface area contributed by atoms with Crippen molar-refractivity contribution in [2.24, 2.45) is 4.36 Å². The molecule has 1 heterocycles. The van der Waals surface area contributed by atoms with Crippen LogP contribution in [0.15, 0.2) is 44.2 Å². The van der Waals surface area contributed by atoms with Crippen LogP contribution in [0.2, 0.25) is 0 Å². The number of hydrogen-bond acceptors (Lipinski definition) is 8. The number of hydrogen-bond donors (Lipinski definition) is 3. The lowest BCUT2D eigenvalue weighted by Gasteiger charge is -2.18. The maximum Gasteiger partial charge on any atom is 0.442 e. The molecule has 3 N–H and O–H groups in total. The number of ether oxygens (including phenoxy) is 1. The summed E-state index contributed by atoms with van der Waals surface area (Å²) in [5.41, 5.74) is 0.671. The lowest BCUT2D eigenvalue weighted by atomic mass is 10.2. The van der Waals surface area contributed by atoms with E-state index in [1.807, 2.05) is 6.92 Å². The normalized spacial score (nSPS) is 14.9. The van der Waals surface area contributed by atoms with Crippen molar-refractivity contribution in [3.05, 3.63) is 34.9 Å². The average Bonchev–Trinajstić information content (AvgIpc) is 2.71. The molecule has 164 valence electrons. The lowest BCUT2D eigenvalue weighted by Crippen LogP contribution is -2.28. The number of nitrogens with one attached hydrogen (secondary N) is 2. The molecule has 0 saturated heterocycles. The molecule has 2 aromatic rings. The molecule has 1 aromatic heterocycles. The number of aliphatic hydroxyl groups is 1. The first-order valence-electron chi connectivity index (χ1n) is 9.44. The zero-order chi connectivity index (χ0) is 22.3.